The van der Waals surface area contributed by atoms with Crippen LogP contribution in [0.15, 0.2) is 89.5 Å². The molecule has 4 aromatic rings. The predicted octanol–water partition coefficient (Wildman–Crippen LogP) is 6.07. The lowest BCUT2D eigenvalue weighted by atomic mass is 10.1. The Bertz CT molecular complexity index is 1250. The molecular weight excluding hydrogens is 452 g/mol. The molecule has 1 aliphatic rings. The van der Waals surface area contributed by atoms with E-state index in [1.165, 1.54) is 18.2 Å². The van der Waals surface area contributed by atoms with Gasteiger partial charge in [-0.1, -0.05) is 64.5 Å². The van der Waals surface area contributed by atoms with Gasteiger partial charge in [0.15, 0.2) is 0 Å². The maximum absolute atomic E-state index is 14.8. The molecule has 2 heterocycles. The van der Waals surface area contributed by atoms with E-state index in [4.69, 9.17) is 0 Å². The highest BCUT2D eigenvalue weighted by Crippen LogP contribution is 2.49. The van der Waals surface area contributed by atoms with Crippen molar-refractivity contribution >= 4 is 33.2 Å². The first-order chi connectivity index (χ1) is 14.5. The Labute approximate surface area is 179 Å². The molecule has 4 nitrogen and oxygen atoms in total. The quantitative estimate of drug-likeness (QED) is 0.368. The van der Waals surface area contributed by atoms with Crippen molar-refractivity contribution in [3.8, 4) is 16.9 Å². The average molecular weight is 466 g/mol. The van der Waals surface area contributed by atoms with Gasteiger partial charge in [-0.15, -0.1) is 0 Å². The lowest BCUT2D eigenvalue weighted by molar-refractivity contribution is -0.140. The summed E-state index contributed by atoms with van der Waals surface area (Å²) in [6, 6.07) is 22.6. The Morgan fingerprint density at radius 3 is 2.23 bits per heavy atom. The van der Waals surface area contributed by atoms with Gasteiger partial charge in [-0.2, -0.15) is 13.9 Å². The summed E-state index contributed by atoms with van der Waals surface area (Å²) >= 11 is 3.40. The lowest BCUT2D eigenvalue weighted by Crippen LogP contribution is -2.31. The molecule has 1 aliphatic heterocycles. The fraction of sp³-hybridized carbons (Fsp3) is 0.0435. The van der Waals surface area contributed by atoms with E-state index < -0.39 is 11.8 Å². The molecule has 1 aromatic heterocycles. The van der Waals surface area contributed by atoms with Gasteiger partial charge in [-0.25, -0.2) is 4.68 Å². The normalized spacial score (nSPS) is 14.8. The number of benzene rings is 3. The van der Waals surface area contributed by atoms with Crippen molar-refractivity contribution in [3.63, 3.8) is 0 Å². The van der Waals surface area contributed by atoms with Crippen molar-refractivity contribution in [2.75, 3.05) is 4.90 Å². The van der Waals surface area contributed by atoms with E-state index in [0.717, 1.165) is 15.1 Å². The SMILES string of the molecule is O=C1N(c2cn(-c3ccccc3)nc2-c2ccc(Br)cc2)c2ccccc2C1(F)F. The topological polar surface area (TPSA) is 38.1 Å². The molecule has 0 bridgehead atoms. The van der Waals surface area contributed by atoms with Gasteiger partial charge in [0.25, 0.3) is 0 Å². The van der Waals surface area contributed by atoms with E-state index in [-0.39, 0.29) is 11.3 Å². The molecule has 0 saturated heterocycles. The zero-order valence-electron chi connectivity index (χ0n) is 15.5. The van der Waals surface area contributed by atoms with Crippen LogP contribution in [0.4, 0.5) is 20.2 Å². The number of rotatable bonds is 3. The van der Waals surface area contributed by atoms with Crippen molar-refractivity contribution in [1.29, 1.82) is 0 Å². The van der Waals surface area contributed by atoms with Crippen molar-refractivity contribution in [2.45, 2.75) is 5.92 Å². The number of amides is 1. The van der Waals surface area contributed by atoms with Crippen LogP contribution in [0.25, 0.3) is 16.9 Å². The highest BCUT2D eigenvalue weighted by molar-refractivity contribution is 9.10. The van der Waals surface area contributed by atoms with Crippen LogP contribution in [0.5, 0.6) is 0 Å². The van der Waals surface area contributed by atoms with Crippen molar-refractivity contribution in [1.82, 2.24) is 9.78 Å². The zero-order valence-corrected chi connectivity index (χ0v) is 17.1. The molecule has 3 aromatic carbocycles. The number of aromatic nitrogens is 2. The Balaban J connectivity index is 1.74. The molecule has 0 aliphatic carbocycles. The molecule has 7 heteroatoms. The Morgan fingerprint density at radius 1 is 0.833 bits per heavy atom. The largest absolute Gasteiger partial charge is 0.352 e. The minimum absolute atomic E-state index is 0.165. The number of alkyl halides is 2. The Kier molecular flexibility index (Phi) is 4.29. The third kappa shape index (κ3) is 2.85. The number of hydrogen-bond donors (Lipinski definition) is 0. The second-order valence-electron chi connectivity index (χ2n) is 6.88. The van der Waals surface area contributed by atoms with Gasteiger partial charge in [-0.05, 0) is 30.3 Å². The molecule has 0 atom stereocenters. The van der Waals surface area contributed by atoms with E-state index in [9.17, 15) is 13.6 Å². The molecule has 30 heavy (non-hydrogen) atoms. The molecule has 0 N–H and O–H groups in total. The number of hydrogen-bond acceptors (Lipinski definition) is 2. The summed E-state index contributed by atoms with van der Waals surface area (Å²) in [6.07, 6.45) is 1.61. The molecule has 148 valence electrons. The van der Waals surface area contributed by atoms with Crippen LogP contribution in [-0.2, 0) is 10.7 Å². The second kappa shape index (κ2) is 6.88. The van der Waals surface area contributed by atoms with E-state index in [1.807, 2.05) is 54.6 Å². The van der Waals surface area contributed by atoms with E-state index >= 15 is 0 Å². The average Bonchev–Trinajstić information content (AvgIpc) is 3.27. The minimum atomic E-state index is -3.59. The van der Waals surface area contributed by atoms with Gasteiger partial charge in [0.2, 0.25) is 0 Å². The molecule has 0 spiro atoms. The van der Waals surface area contributed by atoms with Crippen LogP contribution >= 0.6 is 15.9 Å². The van der Waals surface area contributed by atoms with E-state index in [1.54, 1.807) is 16.9 Å². The van der Waals surface area contributed by atoms with Crippen LogP contribution in [0.3, 0.4) is 0 Å². The molecule has 1 amide bonds. The first-order valence-corrected chi connectivity index (χ1v) is 9.99. The Morgan fingerprint density at radius 2 is 1.50 bits per heavy atom. The van der Waals surface area contributed by atoms with Gasteiger partial charge >= 0.3 is 11.8 Å². The maximum atomic E-state index is 14.8. The summed E-state index contributed by atoms with van der Waals surface area (Å²) in [7, 11) is 0. The number of anilines is 2. The number of carbonyl (C=O) groups is 1. The lowest BCUT2D eigenvalue weighted by Gasteiger charge is -2.17. The fourth-order valence-corrected chi connectivity index (χ4v) is 3.86. The van der Waals surface area contributed by atoms with E-state index in [0.29, 0.717) is 16.9 Å². The van der Waals surface area contributed by atoms with Crippen LogP contribution < -0.4 is 4.90 Å². The fourth-order valence-electron chi connectivity index (χ4n) is 3.59. The number of carbonyl (C=O) groups excluding carboxylic acids is 1. The van der Waals surface area contributed by atoms with E-state index in [2.05, 4.69) is 21.0 Å². The number of para-hydroxylation sites is 2. The van der Waals surface area contributed by atoms with Crippen LogP contribution in [0.1, 0.15) is 5.56 Å². The third-order valence-electron chi connectivity index (χ3n) is 5.03. The summed E-state index contributed by atoms with van der Waals surface area (Å²) in [6.45, 7) is 0. The number of fused-ring (bicyclic) bond motifs is 1. The van der Waals surface area contributed by atoms with Gasteiger partial charge in [-0.3, -0.25) is 9.69 Å². The molecule has 0 saturated carbocycles. The van der Waals surface area contributed by atoms with Crippen LogP contribution in [0, 0.1) is 0 Å². The molecule has 5 rings (SSSR count). The summed E-state index contributed by atoms with van der Waals surface area (Å²) in [5.41, 5.74) is 2.07. The first kappa shape index (κ1) is 18.7. The monoisotopic (exact) mass is 465 g/mol. The minimum Gasteiger partial charge on any atom is -0.271 e. The van der Waals surface area contributed by atoms with Crippen molar-refractivity contribution in [3.05, 3.63) is 95.1 Å². The van der Waals surface area contributed by atoms with Gasteiger partial charge in [0, 0.05) is 10.0 Å². The van der Waals surface area contributed by atoms with Crippen molar-refractivity contribution < 1.29 is 13.6 Å². The standard InChI is InChI=1S/C23H14BrF2N3O/c24-16-12-10-15(11-13-16)21-20(14-28(27-21)17-6-2-1-3-7-17)29-19-9-5-4-8-18(19)23(25,26)22(29)30/h1-14H. The van der Waals surface area contributed by atoms with Gasteiger partial charge < -0.3 is 0 Å². The molecule has 0 fully saturated rings. The number of nitrogens with zero attached hydrogens (tertiary/aromatic N) is 3. The summed E-state index contributed by atoms with van der Waals surface area (Å²) in [4.78, 5) is 13.9. The highest BCUT2D eigenvalue weighted by Gasteiger charge is 2.54. The van der Waals surface area contributed by atoms with Gasteiger partial charge in [0.05, 0.1) is 28.8 Å². The van der Waals surface area contributed by atoms with Crippen LogP contribution in [0.2, 0.25) is 0 Å². The summed E-state index contributed by atoms with van der Waals surface area (Å²) in [5.74, 6) is -4.88. The van der Waals surface area contributed by atoms with Crippen molar-refractivity contribution in [2.24, 2.45) is 0 Å². The maximum Gasteiger partial charge on any atom is 0.352 e. The third-order valence-corrected chi connectivity index (χ3v) is 5.56. The van der Waals surface area contributed by atoms with Crippen LogP contribution in [-0.4, -0.2) is 15.7 Å². The zero-order chi connectivity index (χ0) is 20.9. The predicted molar refractivity (Wildman–Crippen MR) is 114 cm³/mol. The second-order valence-corrected chi connectivity index (χ2v) is 7.80. The Hall–Kier alpha value is -3.32. The summed E-state index contributed by atoms with van der Waals surface area (Å²) < 4.78 is 32.0. The molecule has 0 unspecified atom stereocenters. The first-order valence-electron chi connectivity index (χ1n) is 9.20. The van der Waals surface area contributed by atoms with Gasteiger partial charge in [0.1, 0.15) is 5.69 Å². The number of halogens is 3. The smallest absolute Gasteiger partial charge is 0.271 e. The highest BCUT2D eigenvalue weighted by atomic mass is 79.9. The molecular formula is C23H14BrF2N3O. The summed E-state index contributed by atoms with van der Waals surface area (Å²) in [5, 5.41) is 4.64. The molecule has 0 radical (unpaired) electrons.